The highest BCUT2D eigenvalue weighted by molar-refractivity contribution is 6.67. The molecule has 0 bridgehead atoms. The Morgan fingerprint density at radius 1 is 0.782 bits per heavy atom. The molecular weight excluding hydrogens is 724 g/mol. The number of nitrogens with one attached hydrogen (secondary N) is 1. The fourth-order valence-corrected chi connectivity index (χ4v) is 5.24. The Bertz CT molecular complexity index is 1770. The Balaban J connectivity index is 0.000000216. The molecule has 14 nitrogen and oxygen atoms in total. The number of rotatable bonds is 15. The lowest BCUT2D eigenvalue weighted by Crippen LogP contribution is -2.23. The molecule has 3 N–H and O–H groups in total. The Morgan fingerprint density at radius 2 is 1.24 bits per heavy atom. The van der Waals surface area contributed by atoms with Crippen molar-refractivity contribution >= 4 is 22.8 Å². The molecule has 2 saturated heterocycles. The van der Waals surface area contributed by atoms with Crippen molar-refractivity contribution in [3.05, 3.63) is 108 Å². The molecule has 0 saturated carbocycles. The van der Waals surface area contributed by atoms with E-state index in [1.165, 1.54) is 6.42 Å². The third-order valence-electron chi connectivity index (χ3n) is 8.50. The number of hydrogen-bond donors (Lipinski definition) is 2. The minimum absolute atomic E-state index is 0.0485. The molecule has 2 aromatic carbocycles. The maximum absolute atomic E-state index is 11.5. The van der Waals surface area contributed by atoms with E-state index in [9.17, 15) is 9.59 Å². The van der Waals surface area contributed by atoms with Crippen LogP contribution in [0.2, 0.25) is 0 Å². The molecule has 0 radical (unpaired) electrons. The number of aromatic nitrogens is 6. The van der Waals surface area contributed by atoms with Gasteiger partial charge >= 0.3 is 0 Å². The second-order valence-corrected chi connectivity index (χ2v) is 13.5. The Morgan fingerprint density at radius 3 is 1.62 bits per heavy atom. The first kappa shape index (κ1) is 43.2. The quantitative estimate of drug-likeness (QED) is 0.112. The predicted octanol–water partition coefficient (Wildman–Crippen LogP) is 5.68. The van der Waals surface area contributed by atoms with Crippen LogP contribution in [0.1, 0.15) is 74.9 Å². The molecule has 2 aliphatic rings. The number of carbonyl (C=O) groups is 2. The number of amides is 1. The van der Waals surface area contributed by atoms with Gasteiger partial charge in [0.25, 0.3) is 0 Å². The van der Waals surface area contributed by atoms with Crippen molar-refractivity contribution in [2.45, 2.75) is 90.9 Å². The summed E-state index contributed by atoms with van der Waals surface area (Å²) >= 11 is 4.87. The van der Waals surface area contributed by atoms with Crippen molar-refractivity contribution in [1.29, 1.82) is 0 Å². The number of ether oxygens (including phenoxy) is 4. The van der Waals surface area contributed by atoms with Gasteiger partial charge < -0.3 is 30.0 Å². The van der Waals surface area contributed by atoms with E-state index in [0.29, 0.717) is 43.9 Å². The summed E-state index contributed by atoms with van der Waals surface area (Å²) in [5, 5.41) is 19.1. The number of halogens is 1. The topological polar surface area (TPSA) is 171 Å². The highest BCUT2D eigenvalue weighted by atomic mass is 35.5. The first-order valence-electron chi connectivity index (χ1n) is 18.6. The van der Waals surface area contributed by atoms with Crippen LogP contribution in [0.15, 0.2) is 85.2 Å². The van der Waals surface area contributed by atoms with E-state index in [2.05, 4.69) is 39.1 Å². The third kappa shape index (κ3) is 15.6. The van der Waals surface area contributed by atoms with Gasteiger partial charge in [-0.2, -0.15) is 0 Å². The van der Waals surface area contributed by atoms with Gasteiger partial charge in [-0.15, -0.1) is 10.2 Å². The lowest BCUT2D eigenvalue weighted by atomic mass is 10.2. The maximum Gasteiger partial charge on any atom is 0.247 e. The summed E-state index contributed by atoms with van der Waals surface area (Å²) in [6.07, 6.45) is 11.7. The maximum atomic E-state index is 11.5. The van der Waals surface area contributed by atoms with Gasteiger partial charge in [0.15, 0.2) is 12.6 Å². The molecule has 2 unspecified atom stereocenters. The van der Waals surface area contributed by atoms with Crippen LogP contribution in [0, 0.1) is 0 Å². The van der Waals surface area contributed by atoms with Gasteiger partial charge in [-0.3, -0.25) is 9.59 Å². The van der Waals surface area contributed by atoms with Gasteiger partial charge in [0.05, 0.1) is 48.4 Å². The number of carbonyl (C=O) groups excluding carboxylic acids is 2. The van der Waals surface area contributed by atoms with E-state index in [1.807, 2.05) is 60.9 Å². The molecular formula is C40H53ClN8O6. The van der Waals surface area contributed by atoms with Gasteiger partial charge in [-0.05, 0) is 99.4 Å². The zero-order chi connectivity index (χ0) is 39.4. The molecule has 1 amide bonds. The van der Waals surface area contributed by atoms with E-state index < -0.39 is 5.24 Å². The molecule has 4 heterocycles. The molecule has 4 aromatic rings. The normalized spacial score (nSPS) is 16.5. The second-order valence-electron chi connectivity index (χ2n) is 13.2. The zero-order valence-corrected chi connectivity index (χ0v) is 32.6. The monoisotopic (exact) mass is 776 g/mol. The van der Waals surface area contributed by atoms with E-state index in [-0.39, 0.29) is 18.5 Å². The number of hydrogen-bond acceptors (Lipinski definition) is 11. The van der Waals surface area contributed by atoms with Crippen LogP contribution in [-0.4, -0.2) is 80.1 Å². The minimum atomic E-state index is -0.463. The third-order valence-corrected chi connectivity index (χ3v) is 8.82. The SMILES string of the molecule is C=C(C)C(=O)Cl.C=C(C)C(=O)NCc1ccc(-n2cc(CCOC3CCCCO3)nn2)cc1.NCc1ccc(-n2cc(CCOC3CCCCO3)nn2)cc1. The molecule has 0 aliphatic carbocycles. The largest absolute Gasteiger partial charge is 0.353 e. The first-order chi connectivity index (χ1) is 26.6. The molecule has 2 atom stereocenters. The van der Waals surface area contributed by atoms with Crippen LogP contribution >= 0.6 is 11.6 Å². The van der Waals surface area contributed by atoms with E-state index >= 15 is 0 Å². The number of nitrogens with zero attached hydrogens (tertiary/aromatic N) is 6. The number of allylic oxidation sites excluding steroid dienone is 1. The van der Waals surface area contributed by atoms with Gasteiger partial charge in [-0.1, -0.05) is 47.9 Å². The lowest BCUT2D eigenvalue weighted by molar-refractivity contribution is -0.161. The lowest BCUT2D eigenvalue weighted by Gasteiger charge is -2.22. The average Bonchev–Trinajstić information content (AvgIpc) is 3.89. The fourth-order valence-electron chi connectivity index (χ4n) is 5.24. The van der Waals surface area contributed by atoms with Crippen molar-refractivity contribution in [1.82, 2.24) is 35.3 Å². The summed E-state index contributed by atoms with van der Waals surface area (Å²) in [6.45, 7) is 13.9. The molecule has 0 spiro atoms. The second kappa shape index (κ2) is 23.4. The predicted molar refractivity (Wildman–Crippen MR) is 209 cm³/mol. The van der Waals surface area contributed by atoms with E-state index in [4.69, 9.17) is 36.3 Å². The summed E-state index contributed by atoms with van der Waals surface area (Å²) in [4.78, 5) is 21.4. The first-order valence-corrected chi connectivity index (χ1v) is 19.0. The van der Waals surface area contributed by atoms with Crippen molar-refractivity contribution in [3.8, 4) is 11.4 Å². The highest BCUT2D eigenvalue weighted by Crippen LogP contribution is 2.16. The molecule has 15 heteroatoms. The molecule has 2 aliphatic heterocycles. The molecule has 296 valence electrons. The van der Waals surface area contributed by atoms with Crippen molar-refractivity contribution in [2.75, 3.05) is 26.4 Å². The standard InChI is InChI=1S/C20H26N4O3.C16H22N4O2.C4H5ClO/c1-15(2)20(25)21-13-16-6-8-18(9-7-16)24-14-17(22-23-24)10-12-27-19-5-3-4-11-26-19;17-11-13-4-6-15(7-5-13)20-12-14(18-19-20)8-10-22-16-3-1-2-9-21-16;1-3(2)4(5)6/h6-9,14,19H,1,3-5,10-13H2,2H3,(H,21,25);4-7,12,16H,1-3,8-11,17H2;1H2,2H3. The van der Waals surface area contributed by atoms with Crippen LogP contribution in [0.3, 0.4) is 0 Å². The molecule has 2 aromatic heterocycles. The van der Waals surface area contributed by atoms with Gasteiger partial charge in [0.2, 0.25) is 11.1 Å². The zero-order valence-electron chi connectivity index (χ0n) is 31.8. The Kier molecular flexibility index (Phi) is 18.3. The van der Waals surface area contributed by atoms with Gasteiger partial charge in [0.1, 0.15) is 0 Å². The van der Waals surface area contributed by atoms with E-state index in [0.717, 1.165) is 85.6 Å². The minimum Gasteiger partial charge on any atom is -0.353 e. The summed E-state index contributed by atoms with van der Waals surface area (Å²) in [7, 11) is 0. The van der Waals surface area contributed by atoms with Gasteiger partial charge in [-0.25, -0.2) is 9.36 Å². The summed E-state index contributed by atoms with van der Waals surface area (Å²) in [5.74, 6) is -0.138. The van der Waals surface area contributed by atoms with Gasteiger partial charge in [0, 0.05) is 50.3 Å². The van der Waals surface area contributed by atoms with Crippen LogP contribution in [-0.2, 0) is 54.5 Å². The van der Waals surface area contributed by atoms with Crippen molar-refractivity contribution < 1.29 is 28.5 Å². The van der Waals surface area contributed by atoms with Crippen LogP contribution in [0.25, 0.3) is 11.4 Å². The molecule has 6 rings (SSSR count). The number of nitrogens with two attached hydrogens (primary N) is 1. The smallest absolute Gasteiger partial charge is 0.247 e. The van der Waals surface area contributed by atoms with Crippen molar-refractivity contribution in [3.63, 3.8) is 0 Å². The average molecular weight is 777 g/mol. The van der Waals surface area contributed by atoms with Crippen molar-refractivity contribution in [2.24, 2.45) is 5.73 Å². The van der Waals surface area contributed by atoms with E-state index in [1.54, 1.807) is 23.2 Å². The fraction of sp³-hybridized carbons (Fsp3) is 0.450. The summed E-state index contributed by atoms with van der Waals surface area (Å²) in [6, 6.07) is 15.8. The summed E-state index contributed by atoms with van der Waals surface area (Å²) in [5.41, 5.74) is 12.3. The number of benzene rings is 2. The molecule has 2 fully saturated rings. The van der Waals surface area contributed by atoms with Crippen LogP contribution in [0.4, 0.5) is 0 Å². The summed E-state index contributed by atoms with van der Waals surface area (Å²) < 4.78 is 26.1. The van der Waals surface area contributed by atoms with Crippen LogP contribution < -0.4 is 11.1 Å². The molecule has 55 heavy (non-hydrogen) atoms. The van der Waals surface area contributed by atoms with Crippen LogP contribution in [0.5, 0.6) is 0 Å². The Hall–Kier alpha value is -4.57. The Labute approximate surface area is 328 Å². The highest BCUT2D eigenvalue weighted by Gasteiger charge is 2.15.